The summed E-state index contributed by atoms with van der Waals surface area (Å²) in [5, 5.41) is 4.58. The molecule has 0 bridgehead atoms. The van der Waals surface area contributed by atoms with E-state index >= 15 is 0 Å². The maximum Gasteiger partial charge on any atom is 0.194 e. The van der Waals surface area contributed by atoms with Crippen LogP contribution in [0.4, 0.5) is 0 Å². The molecule has 0 aliphatic carbocycles. The van der Waals surface area contributed by atoms with Crippen molar-refractivity contribution in [2.24, 2.45) is 4.99 Å². The molecule has 4 rings (SSSR count). The number of nitrogens with one attached hydrogen (secondary N) is 1. The molecular weight excluding hydrogens is 358 g/mol. The number of hydrogen-bond acceptors (Lipinski definition) is 5. The molecule has 2 unspecified atom stereocenters. The van der Waals surface area contributed by atoms with Crippen molar-refractivity contribution in [3.8, 4) is 0 Å². The van der Waals surface area contributed by atoms with Crippen molar-refractivity contribution in [1.82, 2.24) is 20.1 Å². The van der Waals surface area contributed by atoms with Gasteiger partial charge in [-0.25, -0.2) is 4.98 Å². The topological polar surface area (TPSA) is 53.0 Å². The van der Waals surface area contributed by atoms with Crippen LogP contribution in [-0.4, -0.2) is 66.2 Å². The maximum atomic E-state index is 6.09. The summed E-state index contributed by atoms with van der Waals surface area (Å²) < 4.78 is 6.09. The number of rotatable bonds is 4. The van der Waals surface area contributed by atoms with E-state index in [-0.39, 0.29) is 6.10 Å². The number of morpholine rings is 1. The Morgan fingerprint density at radius 1 is 1.33 bits per heavy atom. The molecule has 0 amide bonds. The van der Waals surface area contributed by atoms with Gasteiger partial charge in [0.1, 0.15) is 0 Å². The molecule has 2 saturated heterocycles. The van der Waals surface area contributed by atoms with Gasteiger partial charge in [-0.05, 0) is 12.5 Å². The number of aliphatic imine (C=N–C) groups is 1. The molecule has 6 nitrogen and oxygen atoms in total. The molecule has 144 valence electrons. The molecule has 0 radical (unpaired) electrons. The van der Waals surface area contributed by atoms with Crippen LogP contribution in [0, 0.1) is 6.92 Å². The Labute approximate surface area is 164 Å². The number of fused-ring (bicyclic) bond motifs is 1. The van der Waals surface area contributed by atoms with E-state index in [1.54, 1.807) is 11.3 Å². The van der Waals surface area contributed by atoms with Crippen molar-refractivity contribution in [2.45, 2.75) is 32.2 Å². The highest BCUT2D eigenvalue weighted by Gasteiger charge is 2.41. The van der Waals surface area contributed by atoms with E-state index in [4.69, 9.17) is 4.74 Å². The molecule has 2 aliphatic heterocycles. The summed E-state index contributed by atoms with van der Waals surface area (Å²) in [6, 6.07) is 11.1. The van der Waals surface area contributed by atoms with E-state index < -0.39 is 0 Å². The van der Waals surface area contributed by atoms with Gasteiger partial charge in [-0.3, -0.25) is 9.89 Å². The third-order valence-electron chi connectivity index (χ3n) is 5.25. The molecule has 1 aromatic heterocycles. The Kier molecular flexibility index (Phi) is 5.71. The van der Waals surface area contributed by atoms with Crippen molar-refractivity contribution in [3.05, 3.63) is 52.0 Å². The minimum absolute atomic E-state index is 0.242. The summed E-state index contributed by atoms with van der Waals surface area (Å²) in [5.41, 5.74) is 1.36. The lowest BCUT2D eigenvalue weighted by Gasteiger charge is -2.36. The number of aromatic nitrogens is 1. The minimum Gasteiger partial charge on any atom is -0.373 e. The van der Waals surface area contributed by atoms with Crippen molar-refractivity contribution >= 4 is 17.3 Å². The van der Waals surface area contributed by atoms with E-state index in [2.05, 4.69) is 55.4 Å². The number of ether oxygens (including phenoxy) is 1. The second kappa shape index (κ2) is 8.37. The van der Waals surface area contributed by atoms with Crippen molar-refractivity contribution in [3.63, 3.8) is 0 Å². The van der Waals surface area contributed by atoms with Crippen LogP contribution < -0.4 is 5.32 Å². The molecule has 7 heteroatoms. The zero-order valence-electron chi connectivity index (χ0n) is 16.0. The van der Waals surface area contributed by atoms with Crippen molar-refractivity contribution in [1.29, 1.82) is 0 Å². The fraction of sp³-hybridized carbons (Fsp3) is 0.500. The van der Waals surface area contributed by atoms with Gasteiger partial charge in [-0.15, -0.1) is 11.3 Å². The first-order valence-electron chi connectivity index (χ1n) is 9.49. The maximum absolute atomic E-state index is 6.09. The normalized spacial score (nSPS) is 23.5. The first-order valence-corrected chi connectivity index (χ1v) is 10.3. The summed E-state index contributed by atoms with van der Waals surface area (Å²) in [6.07, 6.45) is 2.18. The van der Waals surface area contributed by atoms with Crippen LogP contribution in [0.2, 0.25) is 0 Å². The molecule has 2 fully saturated rings. The molecule has 2 aromatic rings. The number of guanidine groups is 1. The third-order valence-corrected chi connectivity index (χ3v) is 6.16. The average Bonchev–Trinajstić information content (AvgIpc) is 3.30. The number of benzene rings is 1. The monoisotopic (exact) mass is 385 g/mol. The van der Waals surface area contributed by atoms with Crippen LogP contribution in [0.5, 0.6) is 0 Å². The van der Waals surface area contributed by atoms with Gasteiger partial charge in [0.25, 0.3) is 0 Å². The van der Waals surface area contributed by atoms with Gasteiger partial charge in [0, 0.05) is 44.3 Å². The van der Waals surface area contributed by atoms with E-state index in [9.17, 15) is 0 Å². The molecule has 0 spiro atoms. The lowest BCUT2D eigenvalue weighted by Crippen LogP contribution is -2.50. The van der Waals surface area contributed by atoms with Gasteiger partial charge < -0.3 is 15.0 Å². The zero-order chi connectivity index (χ0) is 18.6. The van der Waals surface area contributed by atoms with Crippen molar-refractivity contribution in [2.75, 3.05) is 33.3 Å². The highest BCUT2D eigenvalue weighted by molar-refractivity contribution is 7.11. The predicted octanol–water partition coefficient (Wildman–Crippen LogP) is 2.11. The number of aryl methyl sites for hydroxylation is 1. The summed E-state index contributed by atoms with van der Waals surface area (Å²) in [6.45, 7) is 7.39. The number of thiazole rings is 1. The van der Waals surface area contributed by atoms with E-state index in [0.717, 1.165) is 50.3 Å². The van der Waals surface area contributed by atoms with Gasteiger partial charge in [0.05, 0.1) is 30.3 Å². The lowest BCUT2D eigenvalue weighted by molar-refractivity contribution is -0.0502. The number of nitrogens with zero attached hydrogens (tertiary/aromatic N) is 4. The molecule has 0 saturated carbocycles. The van der Waals surface area contributed by atoms with E-state index in [1.165, 1.54) is 10.4 Å². The van der Waals surface area contributed by atoms with Gasteiger partial charge in [0.15, 0.2) is 5.96 Å². The van der Waals surface area contributed by atoms with Gasteiger partial charge in [0.2, 0.25) is 0 Å². The Morgan fingerprint density at radius 2 is 2.19 bits per heavy atom. The molecule has 2 aliphatic rings. The van der Waals surface area contributed by atoms with Crippen LogP contribution in [0.15, 0.2) is 41.5 Å². The average molecular weight is 386 g/mol. The van der Waals surface area contributed by atoms with Crippen LogP contribution in [0.1, 0.15) is 15.4 Å². The fourth-order valence-electron chi connectivity index (χ4n) is 3.93. The summed E-state index contributed by atoms with van der Waals surface area (Å²) in [7, 11) is 1.85. The van der Waals surface area contributed by atoms with Crippen LogP contribution in [-0.2, 0) is 17.8 Å². The molecular formula is C20H27N5OS. The Morgan fingerprint density at radius 3 is 2.93 bits per heavy atom. The minimum atomic E-state index is 0.242. The first kappa shape index (κ1) is 18.4. The molecule has 27 heavy (non-hydrogen) atoms. The molecule has 2 atom stereocenters. The van der Waals surface area contributed by atoms with Gasteiger partial charge >= 0.3 is 0 Å². The summed E-state index contributed by atoms with van der Waals surface area (Å²) in [5.74, 6) is 0.943. The Bertz CT molecular complexity index is 778. The second-order valence-electron chi connectivity index (χ2n) is 7.08. The standard InChI is InChI=1S/C20H27N5OS/c1-15-22-10-17(27-15)11-23-20(21-2)25-13-18-19(14-25)26-9-8-24(18)12-16-6-4-3-5-7-16/h3-7,10,18-19H,8-9,11-14H2,1-2H3,(H,21,23). The van der Waals surface area contributed by atoms with Crippen LogP contribution in [0.25, 0.3) is 0 Å². The quantitative estimate of drug-likeness (QED) is 0.645. The van der Waals surface area contributed by atoms with Crippen LogP contribution in [0.3, 0.4) is 0 Å². The molecule has 3 heterocycles. The number of hydrogen-bond donors (Lipinski definition) is 1. The van der Waals surface area contributed by atoms with Crippen molar-refractivity contribution < 1.29 is 4.74 Å². The van der Waals surface area contributed by atoms with E-state index in [1.807, 2.05) is 20.2 Å². The van der Waals surface area contributed by atoms with Crippen LogP contribution >= 0.6 is 11.3 Å². The largest absolute Gasteiger partial charge is 0.373 e. The van der Waals surface area contributed by atoms with Gasteiger partial charge in [-0.2, -0.15) is 0 Å². The van der Waals surface area contributed by atoms with Gasteiger partial charge in [-0.1, -0.05) is 30.3 Å². The smallest absolute Gasteiger partial charge is 0.194 e. The SMILES string of the molecule is CN=C(NCc1cnc(C)s1)N1CC2OCCN(Cc3ccccc3)C2C1. The summed E-state index contributed by atoms with van der Waals surface area (Å²) >= 11 is 1.72. The zero-order valence-corrected chi connectivity index (χ0v) is 16.8. The number of likely N-dealkylation sites (tertiary alicyclic amines) is 1. The predicted molar refractivity (Wildman–Crippen MR) is 109 cm³/mol. The highest BCUT2D eigenvalue weighted by atomic mass is 32.1. The Balaban J connectivity index is 1.39. The molecule has 1 N–H and O–H groups in total. The lowest BCUT2D eigenvalue weighted by atomic mass is 10.1. The van der Waals surface area contributed by atoms with E-state index in [0.29, 0.717) is 6.04 Å². The summed E-state index contributed by atoms with van der Waals surface area (Å²) in [4.78, 5) is 14.9. The first-order chi connectivity index (χ1) is 13.2. The Hall–Kier alpha value is -1.96. The fourth-order valence-corrected chi connectivity index (χ4v) is 4.67. The molecule has 1 aromatic carbocycles. The highest BCUT2D eigenvalue weighted by Crippen LogP contribution is 2.24. The second-order valence-corrected chi connectivity index (χ2v) is 8.40. The third kappa shape index (κ3) is 4.31.